The highest BCUT2D eigenvalue weighted by molar-refractivity contribution is 7.22. The molecular weight excluding hydrogens is 458 g/mol. The van der Waals surface area contributed by atoms with E-state index in [1.807, 2.05) is 24.3 Å². The molecule has 2 aromatic carbocycles. The zero-order valence-electron chi connectivity index (χ0n) is 17.3. The maximum atomic E-state index is 12.4. The second-order valence-electron chi connectivity index (χ2n) is 6.79. The van der Waals surface area contributed by atoms with E-state index in [0.717, 1.165) is 10.2 Å². The molecule has 0 bridgehead atoms. The van der Waals surface area contributed by atoms with Gasteiger partial charge in [-0.25, -0.2) is 14.6 Å². The first-order chi connectivity index (χ1) is 16.7. The minimum Gasteiger partial charge on any atom is -0.457 e. The monoisotopic (exact) mass is 473 g/mol. The summed E-state index contributed by atoms with van der Waals surface area (Å²) in [5, 5.41) is 4.81. The lowest BCUT2D eigenvalue weighted by atomic mass is 10.2. The molecule has 3 heterocycles. The van der Waals surface area contributed by atoms with Crippen molar-refractivity contribution in [2.75, 3.05) is 5.43 Å². The Morgan fingerprint density at radius 3 is 2.35 bits per heavy atom. The average Bonchev–Trinajstić information content (AvgIpc) is 3.62. The van der Waals surface area contributed by atoms with Gasteiger partial charge >= 0.3 is 11.9 Å². The van der Waals surface area contributed by atoms with E-state index in [-0.39, 0.29) is 23.0 Å². The van der Waals surface area contributed by atoms with Crippen LogP contribution in [0.5, 0.6) is 11.5 Å². The number of rotatable bonds is 7. The van der Waals surface area contributed by atoms with E-state index in [2.05, 4.69) is 15.5 Å². The van der Waals surface area contributed by atoms with E-state index in [4.69, 9.17) is 18.3 Å². The number of hydrogen-bond acceptors (Lipinski definition) is 10. The van der Waals surface area contributed by atoms with Crippen molar-refractivity contribution in [2.24, 2.45) is 5.10 Å². The van der Waals surface area contributed by atoms with Crippen molar-refractivity contribution < 1.29 is 27.9 Å². The molecule has 0 unspecified atom stereocenters. The van der Waals surface area contributed by atoms with Gasteiger partial charge in [-0.3, -0.25) is 5.43 Å². The van der Waals surface area contributed by atoms with Crippen LogP contribution >= 0.6 is 11.3 Å². The number of furan rings is 2. The summed E-state index contributed by atoms with van der Waals surface area (Å²) in [5.74, 6) is -1.07. The highest BCUT2D eigenvalue weighted by Gasteiger charge is 2.17. The number of hydrazone groups is 1. The molecule has 10 heteroatoms. The van der Waals surface area contributed by atoms with Crippen LogP contribution in [0.3, 0.4) is 0 Å². The summed E-state index contributed by atoms with van der Waals surface area (Å²) in [4.78, 5) is 29.1. The van der Waals surface area contributed by atoms with Gasteiger partial charge in [0.15, 0.2) is 0 Å². The summed E-state index contributed by atoms with van der Waals surface area (Å²) >= 11 is 1.45. The molecule has 0 radical (unpaired) electrons. The normalized spacial score (nSPS) is 11.1. The van der Waals surface area contributed by atoms with E-state index < -0.39 is 11.9 Å². The third kappa shape index (κ3) is 4.71. The minimum absolute atomic E-state index is 0.0217. The van der Waals surface area contributed by atoms with E-state index in [0.29, 0.717) is 10.7 Å². The van der Waals surface area contributed by atoms with Gasteiger partial charge in [0, 0.05) is 11.6 Å². The summed E-state index contributed by atoms with van der Waals surface area (Å²) in [6, 6.07) is 18.4. The van der Waals surface area contributed by atoms with E-state index >= 15 is 0 Å². The number of nitrogens with zero attached hydrogens (tertiary/aromatic N) is 2. The smallest absolute Gasteiger partial charge is 0.379 e. The molecule has 0 amide bonds. The zero-order valence-corrected chi connectivity index (χ0v) is 18.2. The SMILES string of the molecule is O=C(Oc1ccc(/C=N/Nc2nc3ccccc3s2)c(OC(=O)c2ccco2)c1)c1ccco1. The molecule has 0 aliphatic carbocycles. The minimum atomic E-state index is -0.715. The van der Waals surface area contributed by atoms with Crippen LogP contribution in [-0.4, -0.2) is 23.1 Å². The Bertz CT molecular complexity index is 1440. The largest absolute Gasteiger partial charge is 0.457 e. The number of nitrogens with one attached hydrogen (secondary N) is 1. The summed E-state index contributed by atoms with van der Waals surface area (Å²) in [6.45, 7) is 0. The Morgan fingerprint density at radius 1 is 0.912 bits per heavy atom. The second kappa shape index (κ2) is 9.43. The Hall–Kier alpha value is -4.70. The van der Waals surface area contributed by atoms with Crippen molar-refractivity contribution >= 4 is 44.8 Å². The number of anilines is 1. The van der Waals surface area contributed by atoms with Crippen LogP contribution in [0.25, 0.3) is 10.2 Å². The van der Waals surface area contributed by atoms with Gasteiger partial charge in [0.05, 0.1) is 29.0 Å². The summed E-state index contributed by atoms with van der Waals surface area (Å²) in [5.41, 5.74) is 4.19. The molecule has 5 aromatic rings. The number of carbonyl (C=O) groups excluding carboxylic acids is 2. The molecule has 168 valence electrons. The number of hydrogen-bond donors (Lipinski definition) is 1. The van der Waals surface area contributed by atoms with Gasteiger partial charge < -0.3 is 18.3 Å². The van der Waals surface area contributed by atoms with E-state index in [1.54, 1.807) is 24.3 Å². The molecule has 0 atom stereocenters. The van der Waals surface area contributed by atoms with Crippen LogP contribution in [0.15, 0.2) is 93.2 Å². The fourth-order valence-corrected chi connectivity index (χ4v) is 3.76. The molecule has 34 heavy (non-hydrogen) atoms. The van der Waals surface area contributed by atoms with E-state index in [1.165, 1.54) is 48.3 Å². The fourth-order valence-electron chi connectivity index (χ4n) is 2.95. The number of para-hydroxylation sites is 1. The average molecular weight is 473 g/mol. The molecule has 0 aliphatic heterocycles. The Labute approximate surface area is 196 Å². The molecule has 9 nitrogen and oxygen atoms in total. The van der Waals surface area contributed by atoms with Gasteiger partial charge in [-0.05, 0) is 48.5 Å². The topological polar surface area (TPSA) is 116 Å². The highest BCUT2D eigenvalue weighted by Crippen LogP contribution is 2.27. The Kier molecular flexibility index (Phi) is 5.87. The summed E-state index contributed by atoms with van der Waals surface area (Å²) in [7, 11) is 0. The molecular formula is C24H15N3O6S. The summed E-state index contributed by atoms with van der Waals surface area (Å²) < 4.78 is 22.0. The molecule has 0 spiro atoms. The first-order valence-electron chi connectivity index (χ1n) is 9.96. The third-order valence-electron chi connectivity index (χ3n) is 4.50. The van der Waals surface area contributed by atoms with Crippen molar-refractivity contribution in [2.45, 2.75) is 0 Å². The standard InChI is InChI=1S/C24H15N3O6S/c28-22(18-6-3-11-30-18)32-16-10-9-15(20(13-16)33-23(29)19-7-4-12-31-19)14-25-27-24-26-17-5-1-2-8-21(17)34-24/h1-14H,(H,26,27)/b25-14+. The van der Waals surface area contributed by atoms with Crippen molar-refractivity contribution in [1.29, 1.82) is 0 Å². The maximum Gasteiger partial charge on any atom is 0.379 e. The molecule has 3 aromatic heterocycles. The van der Waals surface area contributed by atoms with Crippen LogP contribution in [0.4, 0.5) is 5.13 Å². The number of esters is 2. The number of aromatic nitrogens is 1. The van der Waals surface area contributed by atoms with Gasteiger partial charge in [-0.2, -0.15) is 5.10 Å². The van der Waals surface area contributed by atoms with Crippen LogP contribution in [-0.2, 0) is 0 Å². The lowest BCUT2D eigenvalue weighted by Crippen LogP contribution is -2.10. The molecule has 0 aliphatic rings. The molecule has 0 saturated carbocycles. The lowest BCUT2D eigenvalue weighted by molar-refractivity contribution is 0.0698. The van der Waals surface area contributed by atoms with Gasteiger partial charge in [-0.15, -0.1) is 0 Å². The molecule has 1 N–H and O–H groups in total. The molecule has 0 fully saturated rings. The van der Waals surface area contributed by atoms with Gasteiger partial charge in [0.2, 0.25) is 16.7 Å². The highest BCUT2D eigenvalue weighted by atomic mass is 32.1. The van der Waals surface area contributed by atoms with Crippen molar-refractivity contribution in [3.8, 4) is 11.5 Å². The Balaban J connectivity index is 1.38. The Morgan fingerprint density at radius 2 is 1.65 bits per heavy atom. The zero-order chi connectivity index (χ0) is 23.3. The lowest BCUT2D eigenvalue weighted by Gasteiger charge is -2.09. The number of ether oxygens (including phenoxy) is 2. The third-order valence-corrected chi connectivity index (χ3v) is 5.44. The number of carbonyl (C=O) groups is 2. The van der Waals surface area contributed by atoms with Crippen LogP contribution < -0.4 is 14.9 Å². The fraction of sp³-hybridized carbons (Fsp3) is 0. The molecule has 0 saturated heterocycles. The first kappa shape index (κ1) is 21.2. The van der Waals surface area contributed by atoms with Gasteiger partial charge in [-0.1, -0.05) is 23.5 Å². The van der Waals surface area contributed by atoms with Crippen molar-refractivity contribution in [3.05, 3.63) is 96.3 Å². The van der Waals surface area contributed by atoms with Gasteiger partial charge in [0.1, 0.15) is 11.5 Å². The first-order valence-corrected chi connectivity index (χ1v) is 10.8. The van der Waals surface area contributed by atoms with Crippen LogP contribution in [0, 0.1) is 0 Å². The molecule has 5 rings (SSSR count). The van der Waals surface area contributed by atoms with Crippen LogP contribution in [0.2, 0.25) is 0 Å². The number of thiazole rings is 1. The predicted octanol–water partition coefficient (Wildman–Crippen LogP) is 5.37. The predicted molar refractivity (Wildman–Crippen MR) is 125 cm³/mol. The van der Waals surface area contributed by atoms with Crippen molar-refractivity contribution in [1.82, 2.24) is 4.98 Å². The van der Waals surface area contributed by atoms with Crippen molar-refractivity contribution in [3.63, 3.8) is 0 Å². The maximum absolute atomic E-state index is 12.4. The second-order valence-corrected chi connectivity index (χ2v) is 7.82. The van der Waals surface area contributed by atoms with E-state index in [9.17, 15) is 9.59 Å². The number of benzene rings is 2. The number of fused-ring (bicyclic) bond motifs is 1. The quantitative estimate of drug-likeness (QED) is 0.145. The van der Waals surface area contributed by atoms with Crippen LogP contribution in [0.1, 0.15) is 26.7 Å². The van der Waals surface area contributed by atoms with Gasteiger partial charge in [0.25, 0.3) is 0 Å². The summed E-state index contributed by atoms with van der Waals surface area (Å²) in [6.07, 6.45) is 4.20.